The molecule has 0 unspecified atom stereocenters. The molecule has 1 heterocycles. The number of carbonyl (C=O) groups is 1. The van der Waals surface area contributed by atoms with Gasteiger partial charge in [-0.05, 0) is 43.5 Å². The third-order valence-corrected chi connectivity index (χ3v) is 4.95. The van der Waals surface area contributed by atoms with Crippen molar-refractivity contribution >= 4 is 17.8 Å². The van der Waals surface area contributed by atoms with Gasteiger partial charge >= 0.3 is 0 Å². The molecule has 0 spiro atoms. The SMILES string of the molecule is COc1cc(N2CCCC2)c(OC)cc1/C=N\NC(=O)c1ccc(C)cc1OC. The molecule has 0 radical (unpaired) electrons. The van der Waals surface area contributed by atoms with Crippen molar-refractivity contribution in [3.05, 3.63) is 47.0 Å². The highest BCUT2D eigenvalue weighted by molar-refractivity contribution is 5.97. The highest BCUT2D eigenvalue weighted by Crippen LogP contribution is 2.36. The summed E-state index contributed by atoms with van der Waals surface area (Å²) in [6.45, 7) is 3.94. The van der Waals surface area contributed by atoms with Gasteiger partial charge in [0.2, 0.25) is 0 Å². The number of nitrogens with zero attached hydrogens (tertiary/aromatic N) is 2. The number of amides is 1. The molecule has 0 aromatic heterocycles. The summed E-state index contributed by atoms with van der Waals surface area (Å²) in [6.07, 6.45) is 3.89. The van der Waals surface area contributed by atoms with E-state index in [-0.39, 0.29) is 5.91 Å². The van der Waals surface area contributed by atoms with Crippen LogP contribution >= 0.6 is 0 Å². The first-order valence-corrected chi connectivity index (χ1v) is 9.56. The van der Waals surface area contributed by atoms with Crippen molar-refractivity contribution in [3.8, 4) is 17.2 Å². The fourth-order valence-corrected chi connectivity index (χ4v) is 3.42. The van der Waals surface area contributed by atoms with Crippen LogP contribution in [0.2, 0.25) is 0 Å². The van der Waals surface area contributed by atoms with Crippen LogP contribution in [0.1, 0.15) is 34.3 Å². The zero-order chi connectivity index (χ0) is 20.8. The molecule has 7 nitrogen and oxygen atoms in total. The number of methoxy groups -OCH3 is 3. The third kappa shape index (κ3) is 4.62. The Hall–Kier alpha value is -3.22. The van der Waals surface area contributed by atoms with E-state index in [1.165, 1.54) is 20.0 Å². The highest BCUT2D eigenvalue weighted by Gasteiger charge is 2.19. The van der Waals surface area contributed by atoms with Crippen LogP contribution in [0.15, 0.2) is 35.4 Å². The number of hydrogen-bond acceptors (Lipinski definition) is 6. The molecule has 1 aliphatic heterocycles. The average Bonchev–Trinajstić information content (AvgIpc) is 3.27. The van der Waals surface area contributed by atoms with E-state index in [2.05, 4.69) is 15.4 Å². The standard InChI is InChI=1S/C22H27N3O4/c1-15-7-8-17(20(11-15)28-3)22(26)24-23-14-16-12-21(29-4)18(13-19(16)27-2)25-9-5-6-10-25/h7-8,11-14H,5-6,9-10H2,1-4H3,(H,24,26)/b23-14-. The molecule has 1 amide bonds. The topological polar surface area (TPSA) is 72.4 Å². The second kappa shape index (κ2) is 9.32. The lowest BCUT2D eigenvalue weighted by atomic mass is 10.1. The van der Waals surface area contributed by atoms with E-state index in [1.54, 1.807) is 26.5 Å². The van der Waals surface area contributed by atoms with Gasteiger partial charge in [0.25, 0.3) is 5.91 Å². The zero-order valence-corrected chi connectivity index (χ0v) is 17.3. The molecule has 0 atom stereocenters. The number of anilines is 1. The lowest BCUT2D eigenvalue weighted by molar-refractivity contribution is 0.0952. The summed E-state index contributed by atoms with van der Waals surface area (Å²) < 4.78 is 16.4. The summed E-state index contributed by atoms with van der Waals surface area (Å²) in [5.74, 6) is 1.57. The van der Waals surface area contributed by atoms with Gasteiger partial charge in [0.1, 0.15) is 17.2 Å². The molecule has 0 aliphatic carbocycles. The Morgan fingerprint density at radius 1 is 1.00 bits per heavy atom. The number of hydrazone groups is 1. The van der Waals surface area contributed by atoms with Gasteiger partial charge < -0.3 is 19.1 Å². The molecule has 0 saturated carbocycles. The van der Waals surface area contributed by atoms with E-state index in [9.17, 15) is 4.79 Å². The van der Waals surface area contributed by atoms with Gasteiger partial charge in [-0.25, -0.2) is 5.43 Å². The van der Waals surface area contributed by atoms with Crippen LogP contribution in [0.25, 0.3) is 0 Å². The van der Waals surface area contributed by atoms with Crippen molar-refractivity contribution in [2.45, 2.75) is 19.8 Å². The minimum atomic E-state index is -0.349. The largest absolute Gasteiger partial charge is 0.496 e. The van der Waals surface area contributed by atoms with E-state index < -0.39 is 0 Å². The fraction of sp³-hybridized carbons (Fsp3) is 0.364. The quantitative estimate of drug-likeness (QED) is 0.573. The van der Waals surface area contributed by atoms with Crippen molar-refractivity contribution in [2.75, 3.05) is 39.3 Å². The predicted molar refractivity (Wildman–Crippen MR) is 114 cm³/mol. The fourth-order valence-electron chi connectivity index (χ4n) is 3.42. The molecule has 1 saturated heterocycles. The van der Waals surface area contributed by atoms with Crippen LogP contribution in [-0.2, 0) is 0 Å². The number of carbonyl (C=O) groups excluding carboxylic acids is 1. The number of hydrogen-bond donors (Lipinski definition) is 1. The van der Waals surface area contributed by atoms with E-state index in [4.69, 9.17) is 14.2 Å². The number of aryl methyl sites for hydroxylation is 1. The molecule has 0 bridgehead atoms. The first-order valence-electron chi connectivity index (χ1n) is 9.56. The van der Waals surface area contributed by atoms with Crippen LogP contribution in [0.4, 0.5) is 5.69 Å². The van der Waals surface area contributed by atoms with Crippen LogP contribution < -0.4 is 24.5 Å². The summed E-state index contributed by atoms with van der Waals surface area (Å²) in [6, 6.07) is 9.20. The van der Waals surface area contributed by atoms with Gasteiger partial charge in [0, 0.05) is 24.7 Å². The van der Waals surface area contributed by atoms with Crippen LogP contribution in [0, 0.1) is 6.92 Å². The van der Waals surface area contributed by atoms with Gasteiger partial charge in [0.15, 0.2) is 0 Å². The molecular formula is C22H27N3O4. The molecule has 154 valence electrons. The summed E-state index contributed by atoms with van der Waals surface area (Å²) in [4.78, 5) is 14.7. The zero-order valence-electron chi connectivity index (χ0n) is 17.3. The molecular weight excluding hydrogens is 370 g/mol. The number of rotatable bonds is 7. The molecule has 1 N–H and O–H groups in total. The van der Waals surface area contributed by atoms with E-state index in [0.717, 1.165) is 30.1 Å². The Morgan fingerprint density at radius 2 is 1.69 bits per heavy atom. The van der Waals surface area contributed by atoms with Gasteiger partial charge in [0.05, 0.1) is 38.8 Å². The number of nitrogens with one attached hydrogen (secondary N) is 1. The Morgan fingerprint density at radius 3 is 2.34 bits per heavy atom. The van der Waals surface area contributed by atoms with Crippen molar-refractivity contribution in [1.29, 1.82) is 0 Å². The maximum absolute atomic E-state index is 12.5. The van der Waals surface area contributed by atoms with Crippen molar-refractivity contribution < 1.29 is 19.0 Å². The Labute approximate surface area is 171 Å². The smallest absolute Gasteiger partial charge is 0.275 e. The molecule has 3 rings (SSSR count). The predicted octanol–water partition coefficient (Wildman–Crippen LogP) is 3.38. The molecule has 29 heavy (non-hydrogen) atoms. The van der Waals surface area contributed by atoms with Gasteiger partial charge in [-0.3, -0.25) is 4.79 Å². The maximum Gasteiger partial charge on any atom is 0.275 e. The van der Waals surface area contributed by atoms with E-state index in [1.807, 2.05) is 31.2 Å². The molecule has 7 heteroatoms. The minimum absolute atomic E-state index is 0.349. The summed E-state index contributed by atoms with van der Waals surface area (Å²) in [5, 5.41) is 4.10. The number of ether oxygens (including phenoxy) is 3. The molecule has 1 fully saturated rings. The van der Waals surface area contributed by atoms with Crippen LogP contribution in [-0.4, -0.2) is 46.5 Å². The Balaban J connectivity index is 1.80. The second-order valence-electron chi connectivity index (χ2n) is 6.86. The lowest BCUT2D eigenvalue weighted by Gasteiger charge is -2.22. The summed E-state index contributed by atoms with van der Waals surface area (Å²) in [5.41, 5.74) is 5.69. The monoisotopic (exact) mass is 397 g/mol. The first kappa shape index (κ1) is 20.5. The summed E-state index contributed by atoms with van der Waals surface area (Å²) in [7, 11) is 4.80. The Bertz CT molecular complexity index is 905. The minimum Gasteiger partial charge on any atom is -0.496 e. The highest BCUT2D eigenvalue weighted by atomic mass is 16.5. The molecule has 2 aromatic rings. The van der Waals surface area contributed by atoms with Crippen LogP contribution in [0.3, 0.4) is 0 Å². The first-order chi connectivity index (χ1) is 14.1. The van der Waals surface area contributed by atoms with Gasteiger partial charge in [-0.2, -0.15) is 5.10 Å². The normalized spacial score (nSPS) is 13.6. The van der Waals surface area contributed by atoms with Crippen molar-refractivity contribution in [1.82, 2.24) is 5.43 Å². The van der Waals surface area contributed by atoms with Gasteiger partial charge in [-0.15, -0.1) is 0 Å². The average molecular weight is 397 g/mol. The molecule has 1 aliphatic rings. The van der Waals surface area contributed by atoms with Gasteiger partial charge in [-0.1, -0.05) is 6.07 Å². The second-order valence-corrected chi connectivity index (χ2v) is 6.86. The van der Waals surface area contributed by atoms with Crippen molar-refractivity contribution in [2.24, 2.45) is 5.10 Å². The lowest BCUT2D eigenvalue weighted by Crippen LogP contribution is -2.19. The maximum atomic E-state index is 12.5. The Kier molecular flexibility index (Phi) is 6.59. The van der Waals surface area contributed by atoms with E-state index >= 15 is 0 Å². The van der Waals surface area contributed by atoms with Crippen molar-refractivity contribution in [3.63, 3.8) is 0 Å². The third-order valence-electron chi connectivity index (χ3n) is 4.95. The van der Waals surface area contributed by atoms with Crippen LogP contribution in [0.5, 0.6) is 17.2 Å². The molecule has 2 aromatic carbocycles. The number of benzene rings is 2. The summed E-state index contributed by atoms with van der Waals surface area (Å²) >= 11 is 0. The van der Waals surface area contributed by atoms with E-state index in [0.29, 0.717) is 22.6 Å².